The normalized spacial score (nSPS) is 17.7. The van der Waals surface area contributed by atoms with Crippen molar-refractivity contribution < 1.29 is 0 Å². The number of aromatic nitrogens is 1. The largest absolute Gasteiger partial charge is 0.371 e. The monoisotopic (exact) mass is 378 g/mol. The molecule has 3 aliphatic heterocycles. The predicted octanol–water partition coefficient (Wildman–Crippen LogP) is 4.69. The number of rotatable bonds is 2. The van der Waals surface area contributed by atoms with Gasteiger partial charge in [-0.1, -0.05) is 13.8 Å². The lowest BCUT2D eigenvalue weighted by molar-refractivity contribution is 0.694. The Morgan fingerprint density at radius 2 is 1.78 bits per heavy atom. The summed E-state index contributed by atoms with van der Waals surface area (Å²) in [7, 11) is 0. The summed E-state index contributed by atoms with van der Waals surface area (Å²) in [5.74, 6) is 0.482. The molecule has 0 saturated carbocycles. The second kappa shape index (κ2) is 6.90. The summed E-state index contributed by atoms with van der Waals surface area (Å²) in [6, 6.07) is 11.6. The lowest BCUT2D eigenvalue weighted by Crippen LogP contribution is -2.26. The predicted molar refractivity (Wildman–Crippen MR) is 116 cm³/mol. The van der Waals surface area contributed by atoms with Gasteiger partial charge in [-0.3, -0.25) is 0 Å². The van der Waals surface area contributed by atoms with Crippen LogP contribution in [0.1, 0.15) is 51.0 Å². The van der Waals surface area contributed by atoms with Crippen LogP contribution >= 0.6 is 11.3 Å². The highest BCUT2D eigenvalue weighted by Crippen LogP contribution is 2.37. The van der Waals surface area contributed by atoms with Gasteiger partial charge in [0.1, 0.15) is 13.1 Å². The van der Waals surface area contributed by atoms with Crippen LogP contribution in [-0.2, 0) is 0 Å². The molecule has 1 aliphatic carbocycles. The lowest BCUT2D eigenvalue weighted by atomic mass is 10.0. The third-order valence-electron chi connectivity index (χ3n) is 6.05. The molecule has 0 amide bonds. The van der Waals surface area contributed by atoms with Crippen LogP contribution in [0.15, 0.2) is 30.3 Å². The van der Waals surface area contributed by atoms with Gasteiger partial charge in [-0.2, -0.15) is 0 Å². The number of fused-ring (bicyclic) bond motifs is 2. The SMILES string of the molecule is CC(C)c1cc(N2CCCC2)cc2sc3cc(=[N+]4CCCC4)ccc-3nc12. The van der Waals surface area contributed by atoms with Crippen LogP contribution in [0.25, 0.3) is 20.8 Å². The zero-order valence-electron chi connectivity index (χ0n) is 16.4. The molecule has 2 saturated heterocycles. The summed E-state index contributed by atoms with van der Waals surface area (Å²) in [6.45, 7) is 9.33. The summed E-state index contributed by atoms with van der Waals surface area (Å²) in [6.07, 6.45) is 5.25. The van der Waals surface area contributed by atoms with Crippen LogP contribution in [-0.4, -0.2) is 31.2 Å². The highest BCUT2D eigenvalue weighted by Gasteiger charge is 2.19. The first-order valence-electron chi connectivity index (χ1n) is 10.4. The van der Waals surface area contributed by atoms with Crippen LogP contribution in [0.5, 0.6) is 0 Å². The van der Waals surface area contributed by atoms with Crippen LogP contribution in [0.4, 0.5) is 5.69 Å². The van der Waals surface area contributed by atoms with Gasteiger partial charge in [-0.05, 0) is 42.5 Å². The van der Waals surface area contributed by atoms with Crippen LogP contribution < -0.4 is 14.8 Å². The molecule has 2 fully saturated rings. The average molecular weight is 379 g/mol. The maximum atomic E-state index is 5.11. The van der Waals surface area contributed by atoms with Gasteiger partial charge < -0.3 is 4.90 Å². The molecule has 1 aromatic rings. The van der Waals surface area contributed by atoms with Gasteiger partial charge in [-0.25, -0.2) is 9.56 Å². The average Bonchev–Trinajstić information content (AvgIpc) is 3.38. The van der Waals surface area contributed by atoms with E-state index in [1.54, 1.807) is 0 Å². The summed E-state index contributed by atoms with van der Waals surface area (Å²) in [5.41, 5.74) is 5.10. The second-order valence-electron chi connectivity index (χ2n) is 8.29. The molecule has 4 heteroatoms. The third kappa shape index (κ3) is 3.14. The lowest BCUT2D eigenvalue weighted by Gasteiger charge is -2.21. The van der Waals surface area contributed by atoms with E-state index in [0.29, 0.717) is 5.92 Å². The third-order valence-corrected chi connectivity index (χ3v) is 7.13. The van der Waals surface area contributed by atoms with Gasteiger partial charge in [0.25, 0.3) is 0 Å². The van der Waals surface area contributed by atoms with Crippen LogP contribution in [0, 0.1) is 0 Å². The van der Waals surface area contributed by atoms with E-state index < -0.39 is 0 Å². The van der Waals surface area contributed by atoms with Gasteiger partial charge in [0.15, 0.2) is 0 Å². The fraction of sp³-hybridized carbons (Fsp3) is 0.478. The molecule has 140 valence electrons. The van der Waals surface area contributed by atoms with Gasteiger partial charge in [0.2, 0.25) is 5.36 Å². The molecule has 5 rings (SSSR count). The first kappa shape index (κ1) is 17.2. The van der Waals surface area contributed by atoms with Gasteiger partial charge in [0.05, 0.1) is 20.8 Å². The zero-order chi connectivity index (χ0) is 18.4. The molecule has 0 spiro atoms. The molecule has 0 bridgehead atoms. The van der Waals surface area contributed by atoms with Gasteiger partial charge in [-0.15, -0.1) is 11.3 Å². The molecule has 0 atom stereocenters. The summed E-state index contributed by atoms with van der Waals surface area (Å²) in [4.78, 5) is 8.96. The van der Waals surface area contributed by atoms with Crippen molar-refractivity contribution in [1.82, 2.24) is 9.56 Å². The Balaban J connectivity index is 1.73. The molecule has 1 aromatic carbocycles. The Bertz CT molecular complexity index is 1020. The molecule has 0 radical (unpaired) electrons. The highest BCUT2D eigenvalue weighted by atomic mass is 32.1. The van der Waals surface area contributed by atoms with E-state index in [-0.39, 0.29) is 0 Å². The molecule has 0 unspecified atom stereocenters. The minimum atomic E-state index is 0.482. The number of nitrogens with zero attached hydrogens (tertiary/aromatic N) is 3. The van der Waals surface area contributed by atoms with E-state index in [9.17, 15) is 0 Å². The van der Waals surface area contributed by atoms with Crippen molar-refractivity contribution in [1.29, 1.82) is 0 Å². The van der Waals surface area contributed by atoms with Crippen molar-refractivity contribution in [3.05, 3.63) is 41.3 Å². The summed E-state index contributed by atoms with van der Waals surface area (Å²) >= 11 is 1.91. The minimum Gasteiger partial charge on any atom is -0.371 e. The second-order valence-corrected chi connectivity index (χ2v) is 9.37. The molecular weight excluding hydrogens is 350 g/mol. The molecule has 4 aliphatic rings. The number of hydrogen-bond acceptors (Lipinski definition) is 3. The molecule has 3 heterocycles. The minimum absolute atomic E-state index is 0.482. The van der Waals surface area contributed by atoms with Crippen molar-refractivity contribution in [2.45, 2.75) is 45.4 Å². The quantitative estimate of drug-likeness (QED) is 0.476. The molecule has 0 N–H and O–H groups in total. The molecule has 0 aromatic heterocycles. The van der Waals surface area contributed by atoms with Crippen molar-refractivity contribution in [2.24, 2.45) is 0 Å². The van der Waals surface area contributed by atoms with E-state index in [0.717, 1.165) is 5.69 Å². The maximum Gasteiger partial charge on any atom is 0.201 e. The van der Waals surface area contributed by atoms with Crippen molar-refractivity contribution >= 4 is 27.2 Å². The summed E-state index contributed by atoms with van der Waals surface area (Å²) in [5, 5.41) is 1.36. The Kier molecular flexibility index (Phi) is 4.39. The molecule has 3 nitrogen and oxygen atoms in total. The smallest absolute Gasteiger partial charge is 0.201 e. The van der Waals surface area contributed by atoms with E-state index in [4.69, 9.17) is 4.98 Å². The van der Waals surface area contributed by atoms with E-state index in [1.807, 2.05) is 11.3 Å². The Hall–Kier alpha value is -1.94. The first-order chi connectivity index (χ1) is 13.2. The summed E-state index contributed by atoms with van der Waals surface area (Å²) < 4.78 is 3.84. The number of benzene rings is 2. The van der Waals surface area contributed by atoms with Gasteiger partial charge in [0, 0.05) is 43.8 Å². The Morgan fingerprint density at radius 1 is 1.00 bits per heavy atom. The fourth-order valence-corrected chi connectivity index (χ4v) is 5.57. The molecule has 27 heavy (non-hydrogen) atoms. The fourth-order valence-electron chi connectivity index (χ4n) is 4.50. The standard InChI is InChI=1S/C23H28N3S/c1-16(2)19-13-18(26-11-5-6-12-26)15-22-23(19)24-20-8-7-17(14-21(20)27-22)25-9-3-4-10-25/h7-8,13-16H,3-6,9-12H2,1-2H3/q+1. The van der Waals surface area contributed by atoms with Crippen LogP contribution in [0.2, 0.25) is 0 Å². The number of hydrogen-bond donors (Lipinski definition) is 0. The highest BCUT2D eigenvalue weighted by molar-refractivity contribution is 7.21. The van der Waals surface area contributed by atoms with Crippen molar-refractivity contribution in [3.8, 4) is 10.6 Å². The van der Waals surface area contributed by atoms with Gasteiger partial charge >= 0.3 is 0 Å². The van der Waals surface area contributed by atoms with E-state index >= 15 is 0 Å². The van der Waals surface area contributed by atoms with Crippen molar-refractivity contribution in [3.63, 3.8) is 0 Å². The van der Waals surface area contributed by atoms with Crippen LogP contribution in [0.3, 0.4) is 0 Å². The van der Waals surface area contributed by atoms with E-state index in [2.05, 4.69) is 53.7 Å². The molecular formula is C23H28N3S+. The number of anilines is 1. The Morgan fingerprint density at radius 3 is 2.52 bits per heavy atom. The topological polar surface area (TPSA) is 19.1 Å². The Labute approximate surface area is 165 Å². The van der Waals surface area contributed by atoms with Crippen molar-refractivity contribution in [2.75, 3.05) is 31.1 Å². The van der Waals surface area contributed by atoms with E-state index in [1.165, 1.54) is 83.6 Å². The zero-order valence-corrected chi connectivity index (χ0v) is 17.2. The maximum absolute atomic E-state index is 5.11. The first-order valence-corrected chi connectivity index (χ1v) is 11.2.